The van der Waals surface area contributed by atoms with Crippen LogP contribution >= 0.6 is 35.4 Å². The van der Waals surface area contributed by atoms with E-state index in [-0.39, 0.29) is 0 Å². The Balaban J connectivity index is 1.69. The van der Waals surface area contributed by atoms with Crippen LogP contribution in [0.15, 0.2) is 65.8 Å². The van der Waals surface area contributed by atoms with Crippen LogP contribution in [-0.2, 0) is 0 Å². The number of thiocarbonyl (C=S) groups is 1. The Kier molecular flexibility index (Phi) is 5.30. The van der Waals surface area contributed by atoms with E-state index in [0.29, 0.717) is 20.8 Å². The molecule has 0 aliphatic rings. The van der Waals surface area contributed by atoms with Gasteiger partial charge in [0.25, 0.3) is 0 Å². The summed E-state index contributed by atoms with van der Waals surface area (Å²) in [7, 11) is 0. The molecule has 6 heteroatoms. The Bertz CT molecular complexity index is 920. The number of hydrazone groups is 1. The molecule has 3 nitrogen and oxygen atoms in total. The Morgan fingerprint density at radius 1 is 0.958 bits per heavy atom. The quantitative estimate of drug-likeness (QED) is 0.363. The number of anilines is 1. The summed E-state index contributed by atoms with van der Waals surface area (Å²) >= 11 is 17.3. The molecular formula is C18H13Cl2N3S. The van der Waals surface area contributed by atoms with Crippen molar-refractivity contribution in [2.24, 2.45) is 5.10 Å². The molecule has 0 unspecified atom stereocenters. The molecular weight excluding hydrogens is 361 g/mol. The molecule has 0 heterocycles. The van der Waals surface area contributed by atoms with Gasteiger partial charge in [0, 0.05) is 5.56 Å². The Hall–Kier alpha value is -2.14. The number of hydrogen-bond donors (Lipinski definition) is 2. The summed E-state index contributed by atoms with van der Waals surface area (Å²) in [6.07, 6.45) is 1.73. The first-order valence-corrected chi connectivity index (χ1v) is 8.33. The second kappa shape index (κ2) is 7.62. The topological polar surface area (TPSA) is 36.4 Å². The average Bonchev–Trinajstić information content (AvgIpc) is 2.59. The lowest BCUT2D eigenvalue weighted by molar-refractivity contribution is 1.05. The highest BCUT2D eigenvalue weighted by Crippen LogP contribution is 2.29. The van der Waals surface area contributed by atoms with Crippen molar-refractivity contribution in [3.8, 4) is 0 Å². The molecule has 0 saturated carbocycles. The van der Waals surface area contributed by atoms with Crippen molar-refractivity contribution in [2.75, 3.05) is 5.32 Å². The maximum Gasteiger partial charge on any atom is 0.191 e. The van der Waals surface area contributed by atoms with Crippen molar-refractivity contribution in [3.63, 3.8) is 0 Å². The molecule has 0 radical (unpaired) electrons. The summed E-state index contributed by atoms with van der Waals surface area (Å²) in [5.74, 6) is 0. The highest BCUT2D eigenvalue weighted by atomic mass is 35.5. The molecule has 3 aromatic rings. The molecule has 0 aliphatic heterocycles. The largest absolute Gasteiger partial charge is 0.330 e. The van der Waals surface area contributed by atoms with Gasteiger partial charge in [-0.25, -0.2) is 0 Å². The lowest BCUT2D eigenvalue weighted by atomic mass is 10.1. The van der Waals surface area contributed by atoms with E-state index >= 15 is 0 Å². The third-order valence-electron chi connectivity index (χ3n) is 3.39. The van der Waals surface area contributed by atoms with Crippen molar-refractivity contribution >= 4 is 63.2 Å². The van der Waals surface area contributed by atoms with Crippen LogP contribution < -0.4 is 10.7 Å². The van der Waals surface area contributed by atoms with Crippen LogP contribution in [0.25, 0.3) is 10.8 Å². The molecule has 0 saturated heterocycles. The van der Waals surface area contributed by atoms with Gasteiger partial charge in [-0.15, -0.1) is 0 Å². The van der Waals surface area contributed by atoms with Crippen LogP contribution in [-0.4, -0.2) is 11.3 Å². The first-order valence-electron chi connectivity index (χ1n) is 7.17. The van der Waals surface area contributed by atoms with E-state index in [2.05, 4.69) is 34.0 Å². The van der Waals surface area contributed by atoms with E-state index in [1.807, 2.05) is 24.3 Å². The van der Waals surface area contributed by atoms with Crippen LogP contribution in [0.2, 0.25) is 10.0 Å². The zero-order valence-electron chi connectivity index (χ0n) is 12.5. The monoisotopic (exact) mass is 373 g/mol. The second-order valence-electron chi connectivity index (χ2n) is 4.99. The van der Waals surface area contributed by atoms with E-state index in [9.17, 15) is 0 Å². The molecule has 0 aromatic heterocycles. The van der Waals surface area contributed by atoms with Gasteiger partial charge in [0.15, 0.2) is 5.11 Å². The maximum atomic E-state index is 6.11. The molecule has 0 amide bonds. The van der Waals surface area contributed by atoms with Gasteiger partial charge in [0.1, 0.15) is 0 Å². The number of fused-ring (bicyclic) bond motifs is 1. The highest BCUT2D eigenvalue weighted by Gasteiger charge is 2.05. The SMILES string of the molecule is S=C(N/N=C\c1cccc2ccccc12)Nc1cccc(Cl)c1Cl. The first-order chi connectivity index (χ1) is 11.6. The molecule has 0 aliphatic carbocycles. The zero-order chi connectivity index (χ0) is 16.9. The van der Waals surface area contributed by atoms with Gasteiger partial charge < -0.3 is 5.32 Å². The van der Waals surface area contributed by atoms with Crippen LogP contribution in [0.1, 0.15) is 5.56 Å². The molecule has 0 spiro atoms. The van der Waals surface area contributed by atoms with Crippen LogP contribution in [0.5, 0.6) is 0 Å². The summed E-state index contributed by atoms with van der Waals surface area (Å²) in [5, 5.41) is 10.6. The maximum absolute atomic E-state index is 6.11. The van der Waals surface area contributed by atoms with Crippen molar-refractivity contribution in [3.05, 3.63) is 76.3 Å². The van der Waals surface area contributed by atoms with E-state index in [1.54, 1.807) is 24.4 Å². The van der Waals surface area contributed by atoms with Crippen molar-refractivity contribution in [1.29, 1.82) is 0 Å². The van der Waals surface area contributed by atoms with E-state index < -0.39 is 0 Å². The van der Waals surface area contributed by atoms with E-state index in [0.717, 1.165) is 16.3 Å². The predicted octanol–water partition coefficient (Wildman–Crippen LogP) is 5.47. The van der Waals surface area contributed by atoms with Gasteiger partial charge in [-0.1, -0.05) is 71.7 Å². The van der Waals surface area contributed by atoms with Crippen LogP contribution in [0.3, 0.4) is 0 Å². The molecule has 24 heavy (non-hydrogen) atoms. The lowest BCUT2D eigenvalue weighted by Gasteiger charge is -2.09. The minimum Gasteiger partial charge on any atom is -0.330 e. The summed E-state index contributed by atoms with van der Waals surface area (Å²) in [5.41, 5.74) is 4.41. The Morgan fingerprint density at radius 3 is 2.58 bits per heavy atom. The summed E-state index contributed by atoms with van der Waals surface area (Å²) < 4.78 is 0. The van der Waals surface area contributed by atoms with Gasteiger partial charge in [-0.3, -0.25) is 5.43 Å². The molecule has 0 bridgehead atoms. The fourth-order valence-electron chi connectivity index (χ4n) is 2.27. The number of halogens is 2. The fourth-order valence-corrected chi connectivity index (χ4v) is 2.78. The van der Waals surface area contributed by atoms with E-state index in [4.69, 9.17) is 35.4 Å². The summed E-state index contributed by atoms with van der Waals surface area (Å²) in [6.45, 7) is 0. The summed E-state index contributed by atoms with van der Waals surface area (Å²) in [4.78, 5) is 0. The third-order valence-corrected chi connectivity index (χ3v) is 4.41. The Morgan fingerprint density at radius 2 is 1.71 bits per heavy atom. The second-order valence-corrected chi connectivity index (χ2v) is 6.19. The highest BCUT2D eigenvalue weighted by molar-refractivity contribution is 7.80. The third kappa shape index (κ3) is 3.85. The molecule has 2 N–H and O–H groups in total. The molecule has 3 aromatic carbocycles. The molecule has 0 fully saturated rings. The standard InChI is InChI=1S/C18H13Cl2N3S/c19-15-9-4-10-16(17(15)20)22-18(24)23-21-11-13-7-3-6-12-5-1-2-8-14(12)13/h1-11H,(H2,22,23,24)/b21-11-. The van der Waals surface area contributed by atoms with Crippen LogP contribution in [0.4, 0.5) is 5.69 Å². The van der Waals surface area contributed by atoms with Crippen LogP contribution in [0, 0.1) is 0 Å². The van der Waals surface area contributed by atoms with Gasteiger partial charge >= 0.3 is 0 Å². The minimum atomic E-state index is 0.329. The minimum absolute atomic E-state index is 0.329. The molecule has 3 rings (SSSR count). The first kappa shape index (κ1) is 16.7. The van der Waals surface area contributed by atoms with E-state index in [1.165, 1.54) is 0 Å². The number of rotatable bonds is 3. The summed E-state index contributed by atoms with van der Waals surface area (Å²) in [6, 6.07) is 19.5. The smallest absolute Gasteiger partial charge is 0.191 e. The fraction of sp³-hybridized carbons (Fsp3) is 0. The number of nitrogens with zero attached hydrogens (tertiary/aromatic N) is 1. The molecule has 0 atom stereocenters. The predicted molar refractivity (Wildman–Crippen MR) is 107 cm³/mol. The number of benzene rings is 3. The normalized spacial score (nSPS) is 10.9. The van der Waals surface area contributed by atoms with Crippen molar-refractivity contribution in [1.82, 2.24) is 5.43 Å². The van der Waals surface area contributed by atoms with Gasteiger partial charge in [-0.2, -0.15) is 5.10 Å². The van der Waals surface area contributed by atoms with Gasteiger partial charge in [-0.05, 0) is 35.1 Å². The zero-order valence-corrected chi connectivity index (χ0v) is 14.8. The number of hydrogen-bond acceptors (Lipinski definition) is 2. The van der Waals surface area contributed by atoms with Crippen molar-refractivity contribution in [2.45, 2.75) is 0 Å². The lowest BCUT2D eigenvalue weighted by Crippen LogP contribution is -2.24. The molecule has 120 valence electrons. The number of nitrogens with one attached hydrogen (secondary N) is 2. The van der Waals surface area contributed by atoms with Crippen molar-refractivity contribution < 1.29 is 0 Å². The Labute approximate surface area is 155 Å². The van der Waals surface area contributed by atoms with Gasteiger partial charge in [0.2, 0.25) is 0 Å². The van der Waals surface area contributed by atoms with Gasteiger partial charge in [0.05, 0.1) is 21.9 Å². The average molecular weight is 374 g/mol.